The van der Waals surface area contributed by atoms with Gasteiger partial charge in [-0.2, -0.15) is 0 Å². The molecular weight excluding hydrogens is 340 g/mol. The van der Waals surface area contributed by atoms with Gasteiger partial charge in [0.25, 0.3) is 10.0 Å². The van der Waals surface area contributed by atoms with Crippen LogP contribution in [0.5, 0.6) is 11.5 Å². The van der Waals surface area contributed by atoms with E-state index >= 15 is 0 Å². The number of para-hydroxylation sites is 1. The van der Waals surface area contributed by atoms with Crippen molar-refractivity contribution in [3.05, 3.63) is 48.0 Å². The highest BCUT2D eigenvalue weighted by Gasteiger charge is 2.44. The van der Waals surface area contributed by atoms with Gasteiger partial charge in [-0.25, -0.2) is 8.42 Å². The summed E-state index contributed by atoms with van der Waals surface area (Å²) in [6.45, 7) is 2.03. The third kappa shape index (κ3) is 3.28. The topological polar surface area (TPSA) is 64.6 Å². The number of aryl methyl sites for hydroxylation is 1. The fourth-order valence-electron chi connectivity index (χ4n) is 2.38. The molecule has 0 spiro atoms. The number of nitrogens with one attached hydrogen (secondary N) is 1. The predicted molar refractivity (Wildman–Crippen MR) is 83.9 cm³/mol. The normalized spacial score (nSPS) is 15.3. The first kappa shape index (κ1) is 16.5. The Kier molecular flexibility index (Phi) is 4.08. The summed E-state index contributed by atoms with van der Waals surface area (Å²) in [5.74, 6) is -0.563. The molecule has 0 unspecified atom stereocenters. The van der Waals surface area contributed by atoms with Crippen LogP contribution in [-0.4, -0.2) is 14.7 Å². The highest BCUT2D eigenvalue weighted by Crippen LogP contribution is 2.46. The molecule has 3 rings (SSSR count). The van der Waals surface area contributed by atoms with Crippen LogP contribution in [0.15, 0.2) is 47.4 Å². The minimum Gasteiger partial charge on any atom is -0.395 e. The van der Waals surface area contributed by atoms with Gasteiger partial charge in [-0.3, -0.25) is 4.72 Å². The van der Waals surface area contributed by atoms with E-state index in [4.69, 9.17) is 0 Å². The molecule has 5 nitrogen and oxygen atoms in total. The Morgan fingerprint density at radius 1 is 1.08 bits per heavy atom. The maximum atomic E-state index is 13.2. The minimum absolute atomic E-state index is 0.0330. The van der Waals surface area contributed by atoms with Crippen LogP contribution >= 0.6 is 0 Å². The lowest BCUT2D eigenvalue weighted by molar-refractivity contribution is -0.286. The zero-order valence-electron chi connectivity index (χ0n) is 12.8. The van der Waals surface area contributed by atoms with Crippen LogP contribution in [0, 0.1) is 0 Å². The molecule has 0 fully saturated rings. The molecule has 128 valence electrons. The smallest absolute Gasteiger partial charge is 0.395 e. The van der Waals surface area contributed by atoms with E-state index in [9.17, 15) is 17.2 Å². The van der Waals surface area contributed by atoms with Crippen LogP contribution in [-0.2, 0) is 16.4 Å². The third-order valence-electron chi connectivity index (χ3n) is 3.45. The van der Waals surface area contributed by atoms with Crippen molar-refractivity contribution in [1.29, 1.82) is 0 Å². The molecule has 0 aromatic heterocycles. The van der Waals surface area contributed by atoms with Crippen LogP contribution in [0.25, 0.3) is 0 Å². The van der Waals surface area contributed by atoms with Crippen LogP contribution in [0.3, 0.4) is 0 Å². The summed E-state index contributed by atoms with van der Waals surface area (Å²) in [6.07, 6.45) is -2.02. The SMILES string of the molecule is CCCc1ccc(S(=O)(=O)Nc2cccc3c2OC(F)(F)O3)cc1. The molecule has 0 radical (unpaired) electrons. The maximum absolute atomic E-state index is 13.2. The van der Waals surface area contributed by atoms with Crippen LogP contribution in [0.4, 0.5) is 14.5 Å². The highest BCUT2D eigenvalue weighted by atomic mass is 32.2. The number of hydrogen-bond acceptors (Lipinski definition) is 4. The van der Waals surface area contributed by atoms with Crippen molar-refractivity contribution in [2.24, 2.45) is 0 Å². The number of alkyl halides is 2. The number of anilines is 1. The fraction of sp³-hybridized carbons (Fsp3) is 0.250. The van der Waals surface area contributed by atoms with E-state index in [1.165, 1.54) is 30.3 Å². The van der Waals surface area contributed by atoms with Gasteiger partial charge in [-0.15, -0.1) is 8.78 Å². The lowest BCUT2D eigenvalue weighted by Crippen LogP contribution is -2.26. The quantitative estimate of drug-likeness (QED) is 0.887. The summed E-state index contributed by atoms with van der Waals surface area (Å²) >= 11 is 0. The van der Waals surface area contributed by atoms with Crippen molar-refractivity contribution in [1.82, 2.24) is 0 Å². The summed E-state index contributed by atoms with van der Waals surface area (Å²) in [6, 6.07) is 10.4. The fourth-order valence-corrected chi connectivity index (χ4v) is 3.44. The zero-order valence-corrected chi connectivity index (χ0v) is 13.6. The Morgan fingerprint density at radius 2 is 1.79 bits per heavy atom. The maximum Gasteiger partial charge on any atom is 0.586 e. The van der Waals surface area contributed by atoms with E-state index in [0.717, 1.165) is 18.4 Å². The van der Waals surface area contributed by atoms with Gasteiger partial charge in [0, 0.05) is 0 Å². The van der Waals surface area contributed by atoms with Crippen molar-refractivity contribution >= 4 is 15.7 Å². The number of fused-ring (bicyclic) bond motifs is 1. The molecular formula is C16H15F2NO4S. The first-order valence-electron chi connectivity index (χ1n) is 7.31. The van der Waals surface area contributed by atoms with Gasteiger partial charge in [0.05, 0.1) is 10.6 Å². The highest BCUT2D eigenvalue weighted by molar-refractivity contribution is 7.92. The number of benzene rings is 2. The minimum atomic E-state index is -3.93. The number of sulfonamides is 1. The van der Waals surface area contributed by atoms with Gasteiger partial charge < -0.3 is 9.47 Å². The average Bonchev–Trinajstić information content (AvgIpc) is 2.83. The standard InChI is InChI=1S/C16H15F2NO4S/c1-2-4-11-7-9-12(10-8-11)24(20,21)19-13-5-3-6-14-15(13)23-16(17,18)22-14/h3,5-10,19H,2,4H2,1H3. The molecule has 0 saturated heterocycles. The van der Waals surface area contributed by atoms with Crippen molar-refractivity contribution < 1.29 is 26.7 Å². The number of ether oxygens (including phenoxy) is 2. The van der Waals surface area contributed by atoms with Crippen molar-refractivity contribution in [2.45, 2.75) is 31.0 Å². The third-order valence-corrected chi connectivity index (χ3v) is 4.83. The molecule has 1 heterocycles. The van der Waals surface area contributed by atoms with Gasteiger partial charge in [0.15, 0.2) is 11.5 Å². The molecule has 24 heavy (non-hydrogen) atoms. The summed E-state index contributed by atoms with van der Waals surface area (Å²) in [4.78, 5) is 0.0330. The molecule has 1 aliphatic heterocycles. The second-order valence-corrected chi connectivity index (χ2v) is 6.98. The lowest BCUT2D eigenvalue weighted by atomic mass is 10.1. The predicted octanol–water partition coefficient (Wildman–Crippen LogP) is 3.76. The van der Waals surface area contributed by atoms with Crippen molar-refractivity contribution in [3.8, 4) is 11.5 Å². The number of rotatable bonds is 5. The summed E-state index contributed by atoms with van der Waals surface area (Å²) in [5, 5.41) is 0. The molecule has 0 saturated carbocycles. The Labute approximate surface area is 138 Å². The average molecular weight is 355 g/mol. The molecule has 2 aromatic rings. The molecule has 0 aliphatic carbocycles. The summed E-state index contributed by atoms with van der Waals surface area (Å²) in [7, 11) is -3.93. The molecule has 8 heteroatoms. The Hall–Kier alpha value is -2.35. The Bertz CT molecular complexity index is 851. The van der Waals surface area contributed by atoms with E-state index in [1.807, 2.05) is 6.92 Å². The first-order chi connectivity index (χ1) is 11.3. The van der Waals surface area contributed by atoms with E-state index in [1.54, 1.807) is 12.1 Å². The van der Waals surface area contributed by atoms with E-state index in [2.05, 4.69) is 14.2 Å². The molecule has 0 amide bonds. The van der Waals surface area contributed by atoms with Gasteiger partial charge in [-0.1, -0.05) is 31.5 Å². The second-order valence-electron chi connectivity index (χ2n) is 5.30. The molecule has 0 atom stereocenters. The number of hydrogen-bond donors (Lipinski definition) is 1. The summed E-state index contributed by atoms with van der Waals surface area (Å²) in [5.41, 5.74) is 0.913. The van der Waals surface area contributed by atoms with E-state index in [0.29, 0.717) is 0 Å². The first-order valence-corrected chi connectivity index (χ1v) is 8.80. The largest absolute Gasteiger partial charge is 0.586 e. The zero-order chi connectivity index (χ0) is 17.4. The van der Waals surface area contributed by atoms with Gasteiger partial charge in [-0.05, 0) is 36.2 Å². The molecule has 1 N–H and O–H groups in total. The summed E-state index contributed by atoms with van der Waals surface area (Å²) < 4.78 is 62.2. The van der Waals surface area contributed by atoms with E-state index in [-0.39, 0.29) is 22.1 Å². The van der Waals surface area contributed by atoms with Crippen molar-refractivity contribution in [2.75, 3.05) is 4.72 Å². The van der Waals surface area contributed by atoms with Gasteiger partial charge in [0.2, 0.25) is 0 Å². The Balaban J connectivity index is 1.87. The van der Waals surface area contributed by atoms with Crippen molar-refractivity contribution in [3.63, 3.8) is 0 Å². The van der Waals surface area contributed by atoms with Gasteiger partial charge >= 0.3 is 6.29 Å². The van der Waals surface area contributed by atoms with Crippen LogP contribution in [0.1, 0.15) is 18.9 Å². The van der Waals surface area contributed by atoms with E-state index < -0.39 is 16.3 Å². The molecule has 0 bridgehead atoms. The molecule has 1 aliphatic rings. The monoisotopic (exact) mass is 355 g/mol. The second kappa shape index (κ2) is 5.94. The van der Waals surface area contributed by atoms with Crippen LogP contribution in [0.2, 0.25) is 0 Å². The number of halogens is 2. The lowest BCUT2D eigenvalue weighted by Gasteiger charge is -2.11. The molecule has 2 aromatic carbocycles. The van der Waals surface area contributed by atoms with Gasteiger partial charge in [0.1, 0.15) is 0 Å². The Morgan fingerprint density at radius 3 is 2.46 bits per heavy atom. The van der Waals surface area contributed by atoms with Crippen LogP contribution < -0.4 is 14.2 Å².